The molecule has 0 aliphatic carbocycles. The fourth-order valence-electron chi connectivity index (χ4n) is 2.48. The van der Waals surface area contributed by atoms with E-state index in [1.807, 2.05) is 45.0 Å². The van der Waals surface area contributed by atoms with Gasteiger partial charge in [-0.2, -0.15) is 8.78 Å². The van der Waals surface area contributed by atoms with Crippen molar-refractivity contribution in [2.75, 3.05) is 7.11 Å². The molecule has 0 N–H and O–H groups in total. The summed E-state index contributed by atoms with van der Waals surface area (Å²) >= 11 is 0. The van der Waals surface area contributed by atoms with Crippen molar-refractivity contribution in [3.63, 3.8) is 0 Å². The van der Waals surface area contributed by atoms with Crippen LogP contribution in [0.15, 0.2) is 24.3 Å². The quantitative estimate of drug-likeness (QED) is 0.384. The molecule has 0 aliphatic heterocycles. The first-order valence-corrected chi connectivity index (χ1v) is 8.26. The second-order valence-electron chi connectivity index (χ2n) is 5.75. The van der Waals surface area contributed by atoms with E-state index >= 15 is 0 Å². The SMILES string of the molecule is C#CC(F)(F)CCCCC(C)(C(=O)OC)c1cccc(C)c1.CC. The molecule has 0 saturated carbocycles. The Balaban J connectivity index is 0.00000254. The van der Waals surface area contributed by atoms with Crippen LogP contribution in [0.25, 0.3) is 0 Å². The fraction of sp³-hybridized carbons (Fsp3) is 0.550. The summed E-state index contributed by atoms with van der Waals surface area (Å²) in [5, 5.41) is 0. The van der Waals surface area contributed by atoms with Gasteiger partial charge in [-0.1, -0.05) is 50.1 Å². The number of terminal acetylenes is 1. The van der Waals surface area contributed by atoms with Crippen molar-refractivity contribution < 1.29 is 18.3 Å². The van der Waals surface area contributed by atoms with E-state index in [2.05, 4.69) is 0 Å². The Kier molecular flexibility index (Phi) is 9.28. The lowest BCUT2D eigenvalue weighted by Crippen LogP contribution is -2.34. The normalized spacial score (nSPS) is 13.1. The third kappa shape index (κ3) is 6.31. The Morgan fingerprint density at radius 1 is 1.25 bits per heavy atom. The van der Waals surface area contributed by atoms with Crippen LogP contribution in [0.5, 0.6) is 0 Å². The molecule has 1 unspecified atom stereocenters. The second kappa shape index (κ2) is 10.1. The zero-order valence-corrected chi connectivity index (χ0v) is 15.3. The first-order valence-electron chi connectivity index (χ1n) is 8.26. The monoisotopic (exact) mass is 338 g/mol. The maximum atomic E-state index is 13.0. The molecular weight excluding hydrogens is 310 g/mol. The summed E-state index contributed by atoms with van der Waals surface area (Å²) in [6.45, 7) is 7.72. The number of hydrogen-bond acceptors (Lipinski definition) is 2. The number of rotatable bonds is 7. The van der Waals surface area contributed by atoms with Crippen molar-refractivity contribution in [2.24, 2.45) is 0 Å². The Hall–Kier alpha value is -1.89. The number of esters is 1. The lowest BCUT2D eigenvalue weighted by atomic mass is 9.77. The standard InChI is InChI=1S/C18H22F2O2.C2H6/c1-5-18(19,20)12-7-6-11-17(3,16(21)22-4)15-10-8-9-14(2)13-15;1-2/h1,8-10,13H,6-7,11-12H2,2-4H3;1-2H3. The van der Waals surface area contributed by atoms with Gasteiger partial charge in [0.25, 0.3) is 0 Å². The number of methoxy groups -OCH3 is 1. The predicted molar refractivity (Wildman–Crippen MR) is 94.1 cm³/mol. The summed E-state index contributed by atoms with van der Waals surface area (Å²) in [7, 11) is 1.34. The van der Waals surface area contributed by atoms with Crippen molar-refractivity contribution in [3.8, 4) is 12.3 Å². The highest BCUT2D eigenvalue weighted by Gasteiger charge is 2.36. The van der Waals surface area contributed by atoms with Gasteiger partial charge in [-0.25, -0.2) is 0 Å². The lowest BCUT2D eigenvalue weighted by Gasteiger charge is -2.27. The number of hydrogen-bond donors (Lipinski definition) is 0. The molecule has 0 fully saturated rings. The molecule has 4 heteroatoms. The number of halogens is 2. The van der Waals surface area contributed by atoms with Gasteiger partial charge in [0, 0.05) is 6.42 Å². The molecule has 0 saturated heterocycles. The fourth-order valence-corrected chi connectivity index (χ4v) is 2.48. The molecule has 0 radical (unpaired) electrons. The van der Waals surface area contributed by atoms with E-state index in [9.17, 15) is 13.6 Å². The third-order valence-corrected chi connectivity index (χ3v) is 3.92. The number of carbonyl (C=O) groups is 1. The first kappa shape index (κ1) is 22.1. The van der Waals surface area contributed by atoms with Crippen molar-refractivity contribution >= 4 is 5.97 Å². The molecular formula is C20H28F2O2. The summed E-state index contributed by atoms with van der Waals surface area (Å²) in [6.07, 6.45) is 5.57. The molecule has 1 atom stereocenters. The molecule has 1 aromatic carbocycles. The molecule has 0 spiro atoms. The lowest BCUT2D eigenvalue weighted by molar-refractivity contribution is -0.147. The Labute approximate surface area is 144 Å². The van der Waals surface area contributed by atoms with Crippen LogP contribution < -0.4 is 0 Å². The number of benzene rings is 1. The minimum absolute atomic E-state index is 0.260. The van der Waals surface area contributed by atoms with Crippen LogP contribution in [0, 0.1) is 19.3 Å². The van der Waals surface area contributed by atoms with E-state index in [1.54, 1.807) is 6.92 Å². The van der Waals surface area contributed by atoms with Crippen LogP contribution in [-0.4, -0.2) is 19.0 Å². The van der Waals surface area contributed by atoms with Crippen LogP contribution in [0.3, 0.4) is 0 Å². The van der Waals surface area contributed by atoms with Gasteiger partial charge in [-0.3, -0.25) is 4.79 Å². The summed E-state index contributed by atoms with van der Waals surface area (Å²) in [5.41, 5.74) is 1.03. The van der Waals surface area contributed by atoms with Crippen LogP contribution in [0.2, 0.25) is 0 Å². The smallest absolute Gasteiger partial charge is 0.315 e. The number of aryl methyl sites for hydroxylation is 1. The summed E-state index contributed by atoms with van der Waals surface area (Å²) in [6, 6.07) is 7.60. The molecule has 2 nitrogen and oxygen atoms in total. The number of alkyl halides is 2. The summed E-state index contributed by atoms with van der Waals surface area (Å²) in [5.74, 6) is -1.95. The molecule has 0 bridgehead atoms. The largest absolute Gasteiger partial charge is 0.468 e. The summed E-state index contributed by atoms with van der Waals surface area (Å²) in [4.78, 5) is 12.2. The highest BCUT2D eigenvalue weighted by molar-refractivity contribution is 5.82. The maximum absolute atomic E-state index is 13.0. The first-order chi connectivity index (χ1) is 11.2. The molecule has 0 aliphatic rings. The summed E-state index contributed by atoms with van der Waals surface area (Å²) < 4.78 is 31.0. The maximum Gasteiger partial charge on any atom is 0.315 e. The van der Waals surface area contributed by atoms with Crippen molar-refractivity contribution in [3.05, 3.63) is 35.4 Å². The van der Waals surface area contributed by atoms with Gasteiger partial charge in [0.05, 0.1) is 12.5 Å². The van der Waals surface area contributed by atoms with Crippen LogP contribution in [0.4, 0.5) is 8.78 Å². The molecule has 0 aromatic heterocycles. The highest BCUT2D eigenvalue weighted by Crippen LogP contribution is 2.33. The van der Waals surface area contributed by atoms with Crippen LogP contribution >= 0.6 is 0 Å². The highest BCUT2D eigenvalue weighted by atomic mass is 19.3. The second-order valence-corrected chi connectivity index (χ2v) is 5.75. The molecule has 1 aromatic rings. The van der Waals surface area contributed by atoms with E-state index in [-0.39, 0.29) is 18.8 Å². The molecule has 134 valence electrons. The predicted octanol–water partition coefficient (Wildman–Crippen LogP) is 5.28. The topological polar surface area (TPSA) is 26.3 Å². The minimum Gasteiger partial charge on any atom is -0.468 e. The van der Waals surface area contributed by atoms with Crippen molar-refractivity contribution in [1.82, 2.24) is 0 Å². The average molecular weight is 338 g/mol. The Bertz CT molecular complexity index is 561. The van der Waals surface area contributed by atoms with Crippen LogP contribution in [-0.2, 0) is 14.9 Å². The van der Waals surface area contributed by atoms with Gasteiger partial charge >= 0.3 is 11.9 Å². The number of unbranched alkanes of at least 4 members (excludes halogenated alkanes) is 1. The molecule has 0 amide bonds. The Morgan fingerprint density at radius 2 is 1.83 bits per heavy atom. The zero-order chi connectivity index (χ0) is 18.8. The number of carbonyl (C=O) groups excluding carboxylic acids is 1. The van der Waals surface area contributed by atoms with Gasteiger partial charge in [0.2, 0.25) is 0 Å². The minimum atomic E-state index is -3.08. The van der Waals surface area contributed by atoms with Gasteiger partial charge in [0.15, 0.2) is 0 Å². The third-order valence-electron chi connectivity index (χ3n) is 3.92. The van der Waals surface area contributed by atoms with Gasteiger partial charge < -0.3 is 4.74 Å². The van der Waals surface area contributed by atoms with E-state index in [0.29, 0.717) is 12.8 Å². The van der Waals surface area contributed by atoms with E-state index in [1.165, 1.54) is 13.0 Å². The van der Waals surface area contributed by atoms with Gasteiger partial charge in [-0.15, -0.1) is 6.42 Å². The molecule has 1 rings (SSSR count). The van der Waals surface area contributed by atoms with Crippen molar-refractivity contribution in [2.45, 2.75) is 64.7 Å². The Morgan fingerprint density at radius 3 is 2.33 bits per heavy atom. The zero-order valence-electron chi connectivity index (χ0n) is 15.3. The van der Waals surface area contributed by atoms with E-state index in [4.69, 9.17) is 11.2 Å². The average Bonchev–Trinajstić information content (AvgIpc) is 2.59. The van der Waals surface area contributed by atoms with Gasteiger partial charge in [0.1, 0.15) is 0 Å². The van der Waals surface area contributed by atoms with Gasteiger partial charge in [-0.05, 0) is 38.2 Å². The van der Waals surface area contributed by atoms with E-state index < -0.39 is 11.3 Å². The van der Waals surface area contributed by atoms with E-state index in [0.717, 1.165) is 11.1 Å². The molecule has 24 heavy (non-hydrogen) atoms. The van der Waals surface area contributed by atoms with Crippen LogP contribution in [0.1, 0.15) is 57.6 Å². The number of ether oxygens (including phenoxy) is 1. The molecule has 0 heterocycles. The van der Waals surface area contributed by atoms with Crippen molar-refractivity contribution in [1.29, 1.82) is 0 Å².